The lowest BCUT2D eigenvalue weighted by Crippen LogP contribution is -2.22. The predicted molar refractivity (Wildman–Crippen MR) is 119 cm³/mol. The van der Waals surface area contributed by atoms with Crippen molar-refractivity contribution < 1.29 is 13.5 Å². The van der Waals surface area contributed by atoms with Crippen molar-refractivity contribution in [3.05, 3.63) is 77.4 Å². The molecule has 3 aromatic carbocycles. The highest BCUT2D eigenvalue weighted by Gasteiger charge is 2.31. The van der Waals surface area contributed by atoms with Crippen LogP contribution in [-0.4, -0.2) is 6.61 Å². The monoisotopic (exact) mass is 408 g/mol. The normalized spacial score (nSPS) is 18.5. The summed E-state index contributed by atoms with van der Waals surface area (Å²) in [4.78, 5) is 0. The average molecular weight is 409 g/mol. The Labute approximate surface area is 178 Å². The first-order chi connectivity index (χ1) is 14.7. The maximum Gasteiger partial charge on any atom is 0.387 e. The van der Waals surface area contributed by atoms with E-state index in [0.29, 0.717) is 11.8 Å². The van der Waals surface area contributed by atoms with E-state index in [2.05, 4.69) is 48.1 Å². The van der Waals surface area contributed by atoms with Crippen molar-refractivity contribution in [1.82, 2.24) is 0 Å². The minimum Gasteiger partial charge on any atom is -0.435 e. The Bertz CT molecular complexity index is 964. The fraction of sp³-hybridized carbons (Fsp3) is 0.407. The molecule has 0 heterocycles. The number of hydrogen-bond donors (Lipinski definition) is 0. The van der Waals surface area contributed by atoms with Crippen LogP contribution in [0.5, 0.6) is 5.75 Å². The van der Waals surface area contributed by atoms with Crippen molar-refractivity contribution in [1.29, 1.82) is 0 Å². The molecule has 1 nitrogen and oxygen atoms in total. The SMILES string of the molecule is CCCCCC[C@@H]1CCc2c(ccc3ccccc23)[C@H]1c1ccc(OC(F)F)cc1. The molecule has 3 aromatic rings. The van der Waals surface area contributed by atoms with E-state index in [4.69, 9.17) is 0 Å². The smallest absolute Gasteiger partial charge is 0.387 e. The Hall–Kier alpha value is -2.42. The highest BCUT2D eigenvalue weighted by atomic mass is 19.3. The highest BCUT2D eigenvalue weighted by molar-refractivity contribution is 5.87. The van der Waals surface area contributed by atoms with Gasteiger partial charge in [-0.2, -0.15) is 8.78 Å². The summed E-state index contributed by atoms with van der Waals surface area (Å²) in [7, 11) is 0. The topological polar surface area (TPSA) is 9.23 Å². The number of unbranched alkanes of at least 4 members (excludes halogenated alkanes) is 3. The quantitative estimate of drug-likeness (QED) is 0.342. The lowest BCUT2D eigenvalue weighted by atomic mass is 9.69. The third kappa shape index (κ3) is 4.50. The maximum atomic E-state index is 12.6. The van der Waals surface area contributed by atoms with Gasteiger partial charge in [0.1, 0.15) is 5.75 Å². The first kappa shape index (κ1) is 20.8. The number of aryl methyl sites for hydroxylation is 1. The van der Waals surface area contributed by atoms with Gasteiger partial charge in [0, 0.05) is 5.92 Å². The fourth-order valence-electron chi connectivity index (χ4n) is 5.13. The van der Waals surface area contributed by atoms with E-state index < -0.39 is 6.61 Å². The van der Waals surface area contributed by atoms with E-state index in [1.807, 2.05) is 12.1 Å². The third-order valence-corrected chi connectivity index (χ3v) is 6.54. The van der Waals surface area contributed by atoms with Gasteiger partial charge in [-0.25, -0.2) is 0 Å². The summed E-state index contributed by atoms with van der Waals surface area (Å²) in [5.41, 5.74) is 4.06. The van der Waals surface area contributed by atoms with Crippen molar-refractivity contribution in [3.8, 4) is 5.75 Å². The van der Waals surface area contributed by atoms with Gasteiger partial charge < -0.3 is 4.74 Å². The molecular weight excluding hydrogens is 378 g/mol. The number of benzene rings is 3. The Morgan fingerprint density at radius 2 is 1.73 bits per heavy atom. The van der Waals surface area contributed by atoms with Gasteiger partial charge in [0.25, 0.3) is 0 Å². The van der Waals surface area contributed by atoms with Gasteiger partial charge in [0.2, 0.25) is 0 Å². The van der Waals surface area contributed by atoms with Crippen LogP contribution < -0.4 is 4.74 Å². The number of ether oxygens (including phenoxy) is 1. The summed E-state index contributed by atoms with van der Waals surface area (Å²) in [5.74, 6) is 1.11. The summed E-state index contributed by atoms with van der Waals surface area (Å²) >= 11 is 0. The molecule has 1 aliphatic carbocycles. The minimum atomic E-state index is -2.79. The molecule has 0 N–H and O–H groups in total. The average Bonchev–Trinajstić information content (AvgIpc) is 2.76. The third-order valence-electron chi connectivity index (χ3n) is 6.54. The number of hydrogen-bond acceptors (Lipinski definition) is 1. The summed E-state index contributed by atoms with van der Waals surface area (Å²) < 4.78 is 29.7. The second-order valence-corrected chi connectivity index (χ2v) is 8.43. The van der Waals surface area contributed by atoms with E-state index >= 15 is 0 Å². The van der Waals surface area contributed by atoms with Gasteiger partial charge >= 0.3 is 6.61 Å². The van der Waals surface area contributed by atoms with Crippen molar-refractivity contribution in [3.63, 3.8) is 0 Å². The van der Waals surface area contributed by atoms with Crippen LogP contribution in [-0.2, 0) is 6.42 Å². The second kappa shape index (κ2) is 9.59. The number of rotatable bonds is 8. The molecular formula is C27H30F2O. The van der Waals surface area contributed by atoms with Gasteiger partial charge in [-0.1, -0.05) is 81.1 Å². The van der Waals surface area contributed by atoms with Crippen molar-refractivity contribution in [2.24, 2.45) is 5.92 Å². The fourth-order valence-corrected chi connectivity index (χ4v) is 5.13. The molecule has 0 bridgehead atoms. The zero-order chi connectivity index (χ0) is 20.9. The molecule has 0 radical (unpaired) electrons. The van der Waals surface area contributed by atoms with E-state index in [0.717, 1.165) is 6.42 Å². The van der Waals surface area contributed by atoms with E-state index in [-0.39, 0.29) is 5.75 Å². The Kier molecular flexibility index (Phi) is 6.66. The Morgan fingerprint density at radius 3 is 2.50 bits per heavy atom. The zero-order valence-corrected chi connectivity index (χ0v) is 17.6. The summed E-state index contributed by atoms with van der Waals surface area (Å²) in [6.07, 6.45) is 8.57. The van der Waals surface area contributed by atoms with Crippen LogP contribution in [0.3, 0.4) is 0 Å². The van der Waals surface area contributed by atoms with Crippen LogP contribution in [0.1, 0.15) is 68.1 Å². The number of alkyl halides is 2. The van der Waals surface area contributed by atoms with E-state index in [9.17, 15) is 8.78 Å². The number of halogens is 2. The van der Waals surface area contributed by atoms with Gasteiger partial charge in [-0.3, -0.25) is 0 Å². The maximum absolute atomic E-state index is 12.6. The van der Waals surface area contributed by atoms with E-state index in [1.165, 1.54) is 66.0 Å². The molecule has 0 saturated carbocycles. The van der Waals surface area contributed by atoms with Crippen LogP contribution in [0.4, 0.5) is 8.78 Å². The predicted octanol–water partition coefficient (Wildman–Crippen LogP) is 8.11. The molecule has 0 aliphatic heterocycles. The molecule has 0 aromatic heterocycles. The first-order valence-corrected chi connectivity index (χ1v) is 11.2. The summed E-state index contributed by atoms with van der Waals surface area (Å²) in [6.45, 7) is -0.544. The molecule has 0 spiro atoms. The van der Waals surface area contributed by atoms with Crippen LogP contribution in [0, 0.1) is 5.92 Å². The molecule has 30 heavy (non-hydrogen) atoms. The Morgan fingerprint density at radius 1 is 0.933 bits per heavy atom. The van der Waals surface area contributed by atoms with Crippen molar-refractivity contribution in [2.75, 3.05) is 0 Å². The number of fused-ring (bicyclic) bond motifs is 3. The lowest BCUT2D eigenvalue weighted by Gasteiger charge is -2.35. The van der Waals surface area contributed by atoms with Crippen LogP contribution in [0.2, 0.25) is 0 Å². The molecule has 4 rings (SSSR count). The lowest BCUT2D eigenvalue weighted by molar-refractivity contribution is -0.0498. The largest absolute Gasteiger partial charge is 0.435 e. The molecule has 0 fully saturated rings. The van der Waals surface area contributed by atoms with Gasteiger partial charge in [-0.05, 0) is 64.8 Å². The minimum absolute atomic E-state index is 0.225. The molecule has 0 unspecified atom stereocenters. The summed E-state index contributed by atoms with van der Waals surface area (Å²) in [6, 6.07) is 20.5. The Balaban J connectivity index is 1.69. The molecule has 158 valence electrons. The first-order valence-electron chi connectivity index (χ1n) is 11.2. The van der Waals surface area contributed by atoms with Gasteiger partial charge in [-0.15, -0.1) is 0 Å². The standard InChI is InChI=1S/C27H30F2O/c1-2-3-4-5-9-20-14-17-24-23-10-7-6-8-19(23)13-18-25(24)26(20)21-11-15-22(16-12-21)30-27(28)29/h6-8,10-13,15-16,18,20,26-27H,2-5,9,14,17H2,1H3/t20-,26-/m1/s1. The second-order valence-electron chi connectivity index (χ2n) is 8.43. The van der Waals surface area contributed by atoms with Crippen molar-refractivity contribution in [2.45, 2.75) is 64.4 Å². The van der Waals surface area contributed by atoms with Crippen LogP contribution >= 0.6 is 0 Å². The van der Waals surface area contributed by atoms with Crippen LogP contribution in [0.15, 0.2) is 60.7 Å². The highest BCUT2D eigenvalue weighted by Crippen LogP contribution is 2.45. The summed E-state index contributed by atoms with van der Waals surface area (Å²) in [5, 5.41) is 2.64. The van der Waals surface area contributed by atoms with Crippen LogP contribution in [0.25, 0.3) is 10.8 Å². The molecule has 0 saturated heterocycles. The molecule has 2 atom stereocenters. The molecule has 0 amide bonds. The zero-order valence-electron chi connectivity index (χ0n) is 17.6. The molecule has 3 heteroatoms. The van der Waals surface area contributed by atoms with Gasteiger partial charge in [0.05, 0.1) is 0 Å². The van der Waals surface area contributed by atoms with Gasteiger partial charge in [0.15, 0.2) is 0 Å². The molecule has 1 aliphatic rings. The van der Waals surface area contributed by atoms with E-state index in [1.54, 1.807) is 12.1 Å². The van der Waals surface area contributed by atoms with Crippen molar-refractivity contribution >= 4 is 10.8 Å².